The van der Waals surface area contributed by atoms with Crippen LogP contribution in [0.4, 0.5) is 5.69 Å². The van der Waals surface area contributed by atoms with E-state index in [4.69, 9.17) is 0 Å². The van der Waals surface area contributed by atoms with Crippen molar-refractivity contribution in [1.82, 2.24) is 0 Å². The van der Waals surface area contributed by atoms with Gasteiger partial charge in [-0.15, -0.1) is 0 Å². The third-order valence-electron chi connectivity index (χ3n) is 3.32. The standard InChI is InChI=1S/C14H18N2/c1-10(2)13-8-12(9-15)14(7-11(13)3)16-5-4-6-16/h7-8,10H,4-6H2,1-3H3. The lowest BCUT2D eigenvalue weighted by atomic mass is 9.94. The molecule has 0 aliphatic carbocycles. The predicted octanol–water partition coefficient (Wildman–Crippen LogP) is 3.20. The SMILES string of the molecule is Cc1cc(N2CCC2)c(C#N)cc1C(C)C. The van der Waals surface area contributed by atoms with Crippen LogP contribution in [0.3, 0.4) is 0 Å². The monoisotopic (exact) mass is 214 g/mol. The zero-order chi connectivity index (χ0) is 11.7. The average Bonchev–Trinajstić information content (AvgIpc) is 2.14. The second-order valence-electron chi connectivity index (χ2n) is 4.83. The summed E-state index contributed by atoms with van der Waals surface area (Å²) in [5, 5.41) is 9.21. The molecule has 1 aliphatic heterocycles. The van der Waals surface area contributed by atoms with Gasteiger partial charge in [-0.05, 0) is 42.5 Å². The smallest absolute Gasteiger partial charge is 0.101 e. The Balaban J connectivity index is 2.47. The van der Waals surface area contributed by atoms with Gasteiger partial charge < -0.3 is 4.90 Å². The van der Waals surface area contributed by atoms with Gasteiger partial charge in [-0.1, -0.05) is 13.8 Å². The fraction of sp³-hybridized carbons (Fsp3) is 0.500. The van der Waals surface area contributed by atoms with Crippen LogP contribution in [0.2, 0.25) is 0 Å². The molecule has 0 spiro atoms. The summed E-state index contributed by atoms with van der Waals surface area (Å²) in [6.07, 6.45) is 1.25. The van der Waals surface area contributed by atoms with Crippen LogP contribution in [0, 0.1) is 18.3 Å². The zero-order valence-corrected chi connectivity index (χ0v) is 10.2. The molecule has 16 heavy (non-hydrogen) atoms. The van der Waals surface area contributed by atoms with Crippen LogP contribution in [0.15, 0.2) is 12.1 Å². The first kappa shape index (κ1) is 11.0. The second kappa shape index (κ2) is 4.17. The topological polar surface area (TPSA) is 27.0 Å². The summed E-state index contributed by atoms with van der Waals surface area (Å²) in [7, 11) is 0. The van der Waals surface area contributed by atoms with Gasteiger partial charge in [0.15, 0.2) is 0 Å². The minimum Gasteiger partial charge on any atom is -0.370 e. The summed E-state index contributed by atoms with van der Waals surface area (Å²) >= 11 is 0. The zero-order valence-electron chi connectivity index (χ0n) is 10.2. The summed E-state index contributed by atoms with van der Waals surface area (Å²) in [6.45, 7) is 8.67. The van der Waals surface area contributed by atoms with E-state index in [0.717, 1.165) is 24.3 Å². The molecule has 1 saturated heterocycles. The Hall–Kier alpha value is -1.49. The first-order chi connectivity index (χ1) is 7.63. The van der Waals surface area contributed by atoms with Crippen molar-refractivity contribution in [2.75, 3.05) is 18.0 Å². The molecule has 0 atom stereocenters. The molecule has 0 saturated carbocycles. The molecule has 2 rings (SSSR count). The predicted molar refractivity (Wildman–Crippen MR) is 66.8 cm³/mol. The van der Waals surface area contributed by atoms with E-state index in [1.165, 1.54) is 17.5 Å². The molecule has 0 radical (unpaired) electrons. The number of anilines is 1. The van der Waals surface area contributed by atoms with Crippen molar-refractivity contribution < 1.29 is 0 Å². The normalized spacial score (nSPS) is 14.8. The maximum atomic E-state index is 9.21. The van der Waals surface area contributed by atoms with Gasteiger partial charge in [-0.2, -0.15) is 5.26 Å². The highest BCUT2D eigenvalue weighted by Gasteiger charge is 2.19. The van der Waals surface area contributed by atoms with E-state index < -0.39 is 0 Å². The van der Waals surface area contributed by atoms with E-state index in [0.29, 0.717) is 5.92 Å². The van der Waals surface area contributed by atoms with E-state index in [-0.39, 0.29) is 0 Å². The largest absolute Gasteiger partial charge is 0.370 e. The molecule has 1 aromatic carbocycles. The van der Waals surface area contributed by atoms with E-state index >= 15 is 0 Å². The van der Waals surface area contributed by atoms with Crippen molar-refractivity contribution in [3.63, 3.8) is 0 Å². The molecule has 1 aliphatic rings. The number of benzene rings is 1. The van der Waals surface area contributed by atoms with E-state index in [1.54, 1.807) is 0 Å². The molecule has 0 amide bonds. The lowest BCUT2D eigenvalue weighted by Crippen LogP contribution is -2.37. The minimum atomic E-state index is 0.484. The summed E-state index contributed by atoms with van der Waals surface area (Å²) < 4.78 is 0. The molecular weight excluding hydrogens is 196 g/mol. The van der Waals surface area contributed by atoms with Crippen LogP contribution < -0.4 is 4.90 Å². The van der Waals surface area contributed by atoms with E-state index in [2.05, 4.69) is 43.9 Å². The molecule has 84 valence electrons. The van der Waals surface area contributed by atoms with E-state index in [9.17, 15) is 5.26 Å². The van der Waals surface area contributed by atoms with Crippen molar-refractivity contribution in [3.8, 4) is 6.07 Å². The first-order valence-corrected chi connectivity index (χ1v) is 5.93. The van der Waals surface area contributed by atoms with Gasteiger partial charge in [0.25, 0.3) is 0 Å². The Kier molecular flexibility index (Phi) is 2.87. The third kappa shape index (κ3) is 1.78. The molecule has 1 fully saturated rings. The van der Waals surface area contributed by atoms with Crippen LogP contribution in [0.5, 0.6) is 0 Å². The van der Waals surface area contributed by atoms with E-state index in [1.807, 2.05) is 0 Å². The third-order valence-corrected chi connectivity index (χ3v) is 3.32. The Morgan fingerprint density at radius 1 is 1.31 bits per heavy atom. The summed E-state index contributed by atoms with van der Waals surface area (Å²) in [5.74, 6) is 0.484. The second-order valence-corrected chi connectivity index (χ2v) is 4.83. The number of hydrogen-bond donors (Lipinski definition) is 0. The highest BCUT2D eigenvalue weighted by molar-refractivity contribution is 5.63. The lowest BCUT2D eigenvalue weighted by molar-refractivity contribution is 0.616. The van der Waals surface area contributed by atoms with Gasteiger partial charge in [-0.3, -0.25) is 0 Å². The number of rotatable bonds is 2. The maximum Gasteiger partial charge on any atom is 0.101 e. The molecular formula is C14H18N2. The Morgan fingerprint density at radius 3 is 2.44 bits per heavy atom. The fourth-order valence-electron chi connectivity index (χ4n) is 2.24. The van der Waals surface area contributed by atoms with Gasteiger partial charge in [0, 0.05) is 13.1 Å². The van der Waals surface area contributed by atoms with Crippen LogP contribution in [-0.4, -0.2) is 13.1 Å². The molecule has 2 nitrogen and oxygen atoms in total. The number of nitrogens with zero attached hydrogens (tertiary/aromatic N) is 2. The number of hydrogen-bond acceptors (Lipinski definition) is 2. The lowest BCUT2D eigenvalue weighted by Gasteiger charge is -2.34. The first-order valence-electron chi connectivity index (χ1n) is 5.93. The average molecular weight is 214 g/mol. The number of aryl methyl sites for hydroxylation is 1. The van der Waals surface area contributed by atoms with Gasteiger partial charge in [0.1, 0.15) is 6.07 Å². The summed E-state index contributed by atoms with van der Waals surface area (Å²) in [6, 6.07) is 6.56. The minimum absolute atomic E-state index is 0.484. The van der Waals surface area contributed by atoms with Gasteiger partial charge in [-0.25, -0.2) is 0 Å². The van der Waals surface area contributed by atoms with Gasteiger partial charge in [0.2, 0.25) is 0 Å². The fourth-order valence-corrected chi connectivity index (χ4v) is 2.24. The Labute approximate surface area is 97.5 Å². The summed E-state index contributed by atoms with van der Waals surface area (Å²) in [4.78, 5) is 2.29. The van der Waals surface area contributed by atoms with Crippen LogP contribution in [-0.2, 0) is 0 Å². The van der Waals surface area contributed by atoms with Crippen molar-refractivity contribution in [3.05, 3.63) is 28.8 Å². The molecule has 0 N–H and O–H groups in total. The molecule has 1 aromatic rings. The van der Waals surface area contributed by atoms with Crippen LogP contribution >= 0.6 is 0 Å². The van der Waals surface area contributed by atoms with Gasteiger partial charge >= 0.3 is 0 Å². The maximum absolute atomic E-state index is 9.21. The Morgan fingerprint density at radius 2 is 2.00 bits per heavy atom. The van der Waals surface area contributed by atoms with Crippen molar-refractivity contribution in [2.45, 2.75) is 33.1 Å². The highest BCUT2D eigenvalue weighted by Crippen LogP contribution is 2.30. The molecule has 1 heterocycles. The summed E-state index contributed by atoms with van der Waals surface area (Å²) in [5.41, 5.74) is 4.54. The van der Waals surface area contributed by atoms with Crippen LogP contribution in [0.1, 0.15) is 42.9 Å². The number of nitriles is 1. The molecule has 0 bridgehead atoms. The molecule has 0 unspecified atom stereocenters. The Bertz CT molecular complexity index is 437. The van der Waals surface area contributed by atoms with Crippen LogP contribution in [0.25, 0.3) is 0 Å². The molecule has 0 aromatic heterocycles. The van der Waals surface area contributed by atoms with Crippen molar-refractivity contribution >= 4 is 5.69 Å². The quantitative estimate of drug-likeness (QED) is 0.756. The molecule has 2 heteroatoms. The highest BCUT2D eigenvalue weighted by atomic mass is 15.2. The van der Waals surface area contributed by atoms with Gasteiger partial charge in [0.05, 0.1) is 11.3 Å². The van der Waals surface area contributed by atoms with Crippen molar-refractivity contribution in [2.24, 2.45) is 0 Å². The van der Waals surface area contributed by atoms with Crippen molar-refractivity contribution in [1.29, 1.82) is 5.26 Å².